The van der Waals surface area contributed by atoms with E-state index in [2.05, 4.69) is 27.0 Å². The van der Waals surface area contributed by atoms with E-state index in [1.54, 1.807) is 30.3 Å². The summed E-state index contributed by atoms with van der Waals surface area (Å²) in [5.41, 5.74) is 9.32. The summed E-state index contributed by atoms with van der Waals surface area (Å²) in [6.45, 7) is 0.268. The summed E-state index contributed by atoms with van der Waals surface area (Å²) < 4.78 is 26.6. The minimum Gasteiger partial charge on any atom is -0.365 e. The monoisotopic (exact) mass is 333 g/mol. The number of anilines is 1. The van der Waals surface area contributed by atoms with Crippen LogP contribution in [0.1, 0.15) is 5.56 Å². The summed E-state index contributed by atoms with van der Waals surface area (Å²) in [4.78, 5) is 12.3. The Balaban J connectivity index is 1.59. The van der Waals surface area contributed by atoms with Gasteiger partial charge in [0.25, 0.3) is 0 Å². The Morgan fingerprint density at radius 3 is 2.54 bits per heavy atom. The molecule has 1 fully saturated rings. The highest BCUT2D eigenvalue weighted by atomic mass is 19.1. The van der Waals surface area contributed by atoms with E-state index in [4.69, 9.17) is 0 Å². The lowest BCUT2D eigenvalue weighted by Crippen LogP contribution is -2.50. The lowest BCUT2D eigenvalue weighted by atomic mass is 10.2. The SMILES string of the molecule is O=C(NCc1ccc(F)cc1)C1NNNC1Nc1ccccc1F. The molecule has 24 heavy (non-hydrogen) atoms. The van der Waals surface area contributed by atoms with Crippen LogP contribution in [-0.2, 0) is 11.3 Å². The first-order valence-corrected chi connectivity index (χ1v) is 7.43. The van der Waals surface area contributed by atoms with Crippen molar-refractivity contribution in [2.75, 3.05) is 5.32 Å². The Morgan fingerprint density at radius 1 is 1.04 bits per heavy atom. The Hall–Kier alpha value is -2.55. The third-order valence-electron chi connectivity index (χ3n) is 3.64. The number of nitrogens with one attached hydrogen (secondary N) is 5. The molecule has 3 rings (SSSR count). The molecule has 2 atom stereocenters. The summed E-state index contributed by atoms with van der Waals surface area (Å²) in [6.07, 6.45) is -0.546. The summed E-state index contributed by atoms with van der Waals surface area (Å²) in [5, 5.41) is 5.68. The van der Waals surface area contributed by atoms with Crippen LogP contribution in [0.5, 0.6) is 0 Å². The van der Waals surface area contributed by atoms with Crippen molar-refractivity contribution in [3.05, 3.63) is 65.7 Å². The number of halogens is 2. The minimum atomic E-state index is -0.662. The molecule has 0 saturated carbocycles. The average Bonchev–Trinajstić information content (AvgIpc) is 3.04. The Kier molecular flexibility index (Phi) is 4.99. The van der Waals surface area contributed by atoms with E-state index >= 15 is 0 Å². The zero-order valence-electron chi connectivity index (χ0n) is 12.6. The number of hydrogen-bond acceptors (Lipinski definition) is 5. The van der Waals surface area contributed by atoms with Crippen LogP contribution in [0.4, 0.5) is 14.5 Å². The predicted molar refractivity (Wildman–Crippen MR) is 85.3 cm³/mol. The molecule has 1 aliphatic heterocycles. The molecular weight excluding hydrogens is 316 g/mol. The molecule has 2 unspecified atom stereocenters. The third-order valence-corrected chi connectivity index (χ3v) is 3.64. The van der Waals surface area contributed by atoms with E-state index in [1.165, 1.54) is 18.2 Å². The van der Waals surface area contributed by atoms with E-state index in [0.717, 1.165) is 5.56 Å². The number of hydrazine groups is 2. The molecule has 1 amide bonds. The minimum absolute atomic E-state index is 0.268. The van der Waals surface area contributed by atoms with Crippen LogP contribution in [0.15, 0.2) is 48.5 Å². The fraction of sp³-hybridized carbons (Fsp3) is 0.188. The molecule has 0 aliphatic carbocycles. The number of rotatable bonds is 5. The predicted octanol–water partition coefficient (Wildman–Crippen LogP) is 1.00. The lowest BCUT2D eigenvalue weighted by Gasteiger charge is -2.20. The Labute approximate surface area is 137 Å². The average molecular weight is 333 g/mol. The maximum Gasteiger partial charge on any atom is 0.242 e. The second-order valence-corrected chi connectivity index (χ2v) is 5.34. The summed E-state index contributed by atoms with van der Waals surface area (Å²) in [6, 6.07) is 11.4. The highest BCUT2D eigenvalue weighted by Crippen LogP contribution is 2.14. The number of hydrogen-bond donors (Lipinski definition) is 5. The number of benzene rings is 2. The summed E-state index contributed by atoms with van der Waals surface area (Å²) >= 11 is 0. The molecule has 1 heterocycles. The van der Waals surface area contributed by atoms with Crippen molar-refractivity contribution < 1.29 is 13.6 Å². The normalized spacial score (nSPS) is 19.9. The first-order chi connectivity index (χ1) is 11.6. The highest BCUT2D eigenvalue weighted by Gasteiger charge is 2.32. The third kappa shape index (κ3) is 3.85. The molecule has 1 aliphatic rings. The fourth-order valence-electron chi connectivity index (χ4n) is 2.35. The number of amides is 1. The Bertz CT molecular complexity index is 710. The van der Waals surface area contributed by atoms with Gasteiger partial charge in [-0.2, -0.15) is 5.53 Å². The highest BCUT2D eigenvalue weighted by molar-refractivity contribution is 5.83. The number of carbonyl (C=O) groups is 1. The molecule has 2 aromatic carbocycles. The summed E-state index contributed by atoms with van der Waals surface area (Å²) in [7, 11) is 0. The van der Waals surface area contributed by atoms with Gasteiger partial charge in [0.05, 0.1) is 5.69 Å². The number of carbonyl (C=O) groups excluding carboxylic acids is 1. The van der Waals surface area contributed by atoms with Crippen LogP contribution >= 0.6 is 0 Å². The molecule has 1 saturated heterocycles. The van der Waals surface area contributed by atoms with E-state index < -0.39 is 18.0 Å². The van der Waals surface area contributed by atoms with Crippen molar-refractivity contribution >= 4 is 11.6 Å². The van der Waals surface area contributed by atoms with Gasteiger partial charge in [0.15, 0.2) is 0 Å². The molecule has 2 aromatic rings. The maximum absolute atomic E-state index is 13.7. The standard InChI is InChI=1S/C16H17F2N5O/c17-11-7-5-10(6-8-11)9-19-16(24)14-15(22-23-21-14)20-13-4-2-1-3-12(13)18/h1-8,14-15,20-23H,9H2,(H,19,24). The van der Waals surface area contributed by atoms with E-state index in [1.807, 2.05) is 0 Å². The molecule has 5 N–H and O–H groups in total. The van der Waals surface area contributed by atoms with Crippen LogP contribution in [-0.4, -0.2) is 18.1 Å². The van der Waals surface area contributed by atoms with E-state index in [0.29, 0.717) is 0 Å². The zero-order chi connectivity index (χ0) is 16.9. The van der Waals surface area contributed by atoms with Crippen LogP contribution in [0.3, 0.4) is 0 Å². The van der Waals surface area contributed by atoms with Crippen molar-refractivity contribution in [3.63, 3.8) is 0 Å². The topological polar surface area (TPSA) is 77.2 Å². The van der Waals surface area contributed by atoms with Gasteiger partial charge in [-0.05, 0) is 29.8 Å². The zero-order valence-corrected chi connectivity index (χ0v) is 12.6. The van der Waals surface area contributed by atoms with Crippen molar-refractivity contribution in [2.24, 2.45) is 0 Å². The molecular formula is C16H17F2N5O. The van der Waals surface area contributed by atoms with Gasteiger partial charge in [0, 0.05) is 6.54 Å². The van der Waals surface area contributed by atoms with Gasteiger partial charge in [-0.15, -0.1) is 0 Å². The van der Waals surface area contributed by atoms with Crippen LogP contribution < -0.4 is 27.0 Å². The van der Waals surface area contributed by atoms with Crippen molar-refractivity contribution in [2.45, 2.75) is 18.8 Å². The second-order valence-electron chi connectivity index (χ2n) is 5.34. The van der Waals surface area contributed by atoms with Gasteiger partial charge in [-0.1, -0.05) is 24.3 Å². The quantitative estimate of drug-likeness (QED) is 0.564. The van der Waals surface area contributed by atoms with E-state index in [-0.39, 0.29) is 24.0 Å². The number of para-hydroxylation sites is 1. The van der Waals surface area contributed by atoms with Crippen LogP contribution in [0.2, 0.25) is 0 Å². The van der Waals surface area contributed by atoms with Gasteiger partial charge < -0.3 is 10.6 Å². The first-order valence-electron chi connectivity index (χ1n) is 7.43. The van der Waals surface area contributed by atoms with Crippen LogP contribution in [0, 0.1) is 11.6 Å². The van der Waals surface area contributed by atoms with Crippen LogP contribution in [0.25, 0.3) is 0 Å². The fourth-order valence-corrected chi connectivity index (χ4v) is 2.35. The Morgan fingerprint density at radius 2 is 1.79 bits per heavy atom. The molecule has 0 aromatic heterocycles. The lowest BCUT2D eigenvalue weighted by molar-refractivity contribution is -0.123. The van der Waals surface area contributed by atoms with Crippen molar-refractivity contribution in [1.29, 1.82) is 0 Å². The van der Waals surface area contributed by atoms with Crippen molar-refractivity contribution in [3.8, 4) is 0 Å². The molecule has 0 bridgehead atoms. The van der Waals surface area contributed by atoms with Gasteiger partial charge in [-0.25, -0.2) is 19.6 Å². The van der Waals surface area contributed by atoms with Gasteiger partial charge in [0.2, 0.25) is 5.91 Å². The van der Waals surface area contributed by atoms with Gasteiger partial charge >= 0.3 is 0 Å². The molecule has 8 heteroatoms. The largest absolute Gasteiger partial charge is 0.365 e. The maximum atomic E-state index is 13.7. The smallest absolute Gasteiger partial charge is 0.242 e. The summed E-state index contributed by atoms with van der Waals surface area (Å²) in [5.74, 6) is -1.02. The van der Waals surface area contributed by atoms with E-state index in [9.17, 15) is 13.6 Å². The van der Waals surface area contributed by atoms with Gasteiger partial charge in [-0.3, -0.25) is 4.79 Å². The molecule has 0 radical (unpaired) electrons. The molecule has 6 nitrogen and oxygen atoms in total. The molecule has 126 valence electrons. The molecule has 0 spiro atoms. The van der Waals surface area contributed by atoms with Crippen molar-refractivity contribution in [1.82, 2.24) is 21.7 Å². The van der Waals surface area contributed by atoms with Gasteiger partial charge in [0.1, 0.15) is 23.8 Å². The first kappa shape index (κ1) is 16.3. The second kappa shape index (κ2) is 7.35.